The van der Waals surface area contributed by atoms with Crippen molar-refractivity contribution >= 4 is 17.5 Å². The van der Waals surface area contributed by atoms with Crippen molar-refractivity contribution in [3.05, 3.63) is 36.4 Å². The van der Waals surface area contributed by atoms with Gasteiger partial charge in [-0.25, -0.2) is 9.67 Å². The van der Waals surface area contributed by atoms with Crippen LogP contribution in [-0.2, 0) is 15.8 Å². The monoisotopic (exact) mass is 466 g/mol. The third kappa shape index (κ3) is 6.77. The van der Waals surface area contributed by atoms with Gasteiger partial charge in [0, 0.05) is 12.6 Å². The number of hydrogen-bond donors (Lipinski definition) is 2. The number of nitrogens with zero attached hydrogens (tertiary/aromatic N) is 4. The number of amides is 2. The highest BCUT2D eigenvalue weighted by molar-refractivity contribution is 5.94. The lowest BCUT2D eigenvalue weighted by Crippen LogP contribution is -2.47. The molecule has 180 valence electrons. The minimum atomic E-state index is -4.55. The van der Waals surface area contributed by atoms with Gasteiger partial charge in [0.1, 0.15) is 12.7 Å². The molecule has 33 heavy (non-hydrogen) atoms. The zero-order valence-electron chi connectivity index (χ0n) is 18.7. The van der Waals surface area contributed by atoms with E-state index < -0.39 is 17.6 Å². The minimum absolute atomic E-state index is 0.0139. The Morgan fingerprint density at radius 3 is 2.76 bits per heavy atom. The van der Waals surface area contributed by atoms with Crippen LogP contribution < -0.4 is 10.6 Å². The van der Waals surface area contributed by atoms with E-state index in [9.17, 15) is 22.8 Å². The molecule has 1 aliphatic heterocycles. The molecule has 2 unspecified atom stereocenters. The SMILES string of the molecule is CCCC(C)NC(=O)C1CCCN(CC(=O)Nc2cc(C(F)(F)F)ccc2-n2cncn2)C1. The van der Waals surface area contributed by atoms with Gasteiger partial charge in [0.25, 0.3) is 0 Å². The fourth-order valence-electron chi connectivity index (χ4n) is 4.02. The fraction of sp³-hybridized carbons (Fsp3) is 0.545. The van der Waals surface area contributed by atoms with Crippen molar-refractivity contribution < 1.29 is 22.8 Å². The smallest absolute Gasteiger partial charge is 0.353 e. The topological polar surface area (TPSA) is 92.2 Å². The Balaban J connectivity index is 1.67. The van der Waals surface area contributed by atoms with Crippen LogP contribution in [0.5, 0.6) is 0 Å². The minimum Gasteiger partial charge on any atom is -0.353 e. The number of carbonyl (C=O) groups excluding carboxylic acids is 2. The number of alkyl halides is 3. The number of halogens is 3. The maximum atomic E-state index is 13.2. The molecule has 8 nitrogen and oxygen atoms in total. The Labute approximate surface area is 190 Å². The summed E-state index contributed by atoms with van der Waals surface area (Å²) in [6.07, 6.45) is 1.42. The quantitative estimate of drug-likeness (QED) is 0.623. The molecule has 2 amide bonds. The maximum Gasteiger partial charge on any atom is 0.416 e. The Hall–Kier alpha value is -2.95. The normalized spacial score (nSPS) is 18.0. The van der Waals surface area contributed by atoms with Crippen LogP contribution in [0.1, 0.15) is 45.1 Å². The molecular weight excluding hydrogens is 437 g/mol. The standard InChI is InChI=1S/C22H29F3N6O2/c1-3-5-15(2)28-21(33)16-6-4-9-30(11-16)12-20(32)29-18-10-17(22(23,24)25)7-8-19(18)31-14-26-13-27-31/h7-8,10,13-16H,3-6,9,11-12H2,1-2H3,(H,28,33)(H,29,32). The van der Waals surface area contributed by atoms with Crippen LogP contribution in [0.15, 0.2) is 30.9 Å². The van der Waals surface area contributed by atoms with Crippen molar-refractivity contribution in [2.45, 2.75) is 51.7 Å². The van der Waals surface area contributed by atoms with Crippen molar-refractivity contribution in [3.8, 4) is 5.69 Å². The predicted octanol–water partition coefficient (Wildman–Crippen LogP) is 3.24. The van der Waals surface area contributed by atoms with Gasteiger partial charge in [0.2, 0.25) is 11.8 Å². The van der Waals surface area contributed by atoms with Gasteiger partial charge in [-0.1, -0.05) is 13.3 Å². The van der Waals surface area contributed by atoms with Crippen LogP contribution in [0.4, 0.5) is 18.9 Å². The summed E-state index contributed by atoms with van der Waals surface area (Å²) in [4.78, 5) is 30.9. The molecule has 1 aromatic carbocycles. The molecule has 2 N–H and O–H groups in total. The number of carbonyl (C=O) groups is 2. The van der Waals surface area contributed by atoms with E-state index in [1.165, 1.54) is 23.4 Å². The summed E-state index contributed by atoms with van der Waals surface area (Å²) in [6.45, 7) is 5.07. The van der Waals surface area contributed by atoms with E-state index in [1.54, 1.807) is 0 Å². The highest BCUT2D eigenvalue weighted by atomic mass is 19.4. The van der Waals surface area contributed by atoms with E-state index in [-0.39, 0.29) is 35.8 Å². The number of nitrogens with one attached hydrogen (secondary N) is 2. The summed E-state index contributed by atoms with van der Waals surface area (Å²) in [5.74, 6) is -0.700. The van der Waals surface area contributed by atoms with E-state index in [0.29, 0.717) is 13.1 Å². The Kier molecular flexibility index (Phi) is 8.06. The largest absolute Gasteiger partial charge is 0.416 e. The van der Waals surface area contributed by atoms with Crippen LogP contribution in [0, 0.1) is 5.92 Å². The summed E-state index contributed by atoms with van der Waals surface area (Å²) in [5.41, 5.74) is -0.618. The van der Waals surface area contributed by atoms with E-state index in [4.69, 9.17) is 0 Å². The number of piperidine rings is 1. The molecular formula is C22H29F3N6O2. The Bertz CT molecular complexity index is 948. The number of rotatable bonds is 8. The highest BCUT2D eigenvalue weighted by Gasteiger charge is 2.32. The average Bonchev–Trinajstić information content (AvgIpc) is 3.28. The van der Waals surface area contributed by atoms with E-state index in [0.717, 1.165) is 37.8 Å². The number of hydrogen-bond acceptors (Lipinski definition) is 5. The molecule has 0 spiro atoms. The highest BCUT2D eigenvalue weighted by Crippen LogP contribution is 2.33. The number of benzene rings is 1. The molecule has 2 aromatic rings. The van der Waals surface area contributed by atoms with Crippen LogP contribution in [-0.4, -0.2) is 57.2 Å². The molecule has 1 saturated heterocycles. The Morgan fingerprint density at radius 1 is 1.30 bits per heavy atom. The molecule has 1 aliphatic rings. The third-order valence-corrected chi connectivity index (χ3v) is 5.62. The number of aromatic nitrogens is 3. The zero-order chi connectivity index (χ0) is 24.0. The second-order valence-electron chi connectivity index (χ2n) is 8.39. The van der Waals surface area contributed by atoms with Crippen LogP contribution in [0.25, 0.3) is 5.69 Å². The van der Waals surface area contributed by atoms with Gasteiger partial charge in [-0.3, -0.25) is 14.5 Å². The van der Waals surface area contributed by atoms with Gasteiger partial charge in [-0.05, 0) is 50.9 Å². The van der Waals surface area contributed by atoms with Gasteiger partial charge in [0.15, 0.2) is 0 Å². The predicted molar refractivity (Wildman–Crippen MR) is 117 cm³/mol. The summed E-state index contributed by atoms with van der Waals surface area (Å²) in [7, 11) is 0. The first-order valence-corrected chi connectivity index (χ1v) is 11.1. The van der Waals surface area contributed by atoms with E-state index in [2.05, 4.69) is 27.6 Å². The van der Waals surface area contributed by atoms with Crippen LogP contribution in [0.2, 0.25) is 0 Å². The lowest BCUT2D eigenvalue weighted by atomic mass is 9.96. The molecule has 0 aliphatic carbocycles. The number of likely N-dealkylation sites (tertiary alicyclic amines) is 1. The van der Waals surface area contributed by atoms with E-state index in [1.807, 2.05) is 11.8 Å². The van der Waals surface area contributed by atoms with Crippen molar-refractivity contribution in [1.29, 1.82) is 0 Å². The second kappa shape index (κ2) is 10.8. The maximum absolute atomic E-state index is 13.2. The molecule has 2 atom stereocenters. The first-order valence-electron chi connectivity index (χ1n) is 11.1. The van der Waals surface area contributed by atoms with Crippen LogP contribution in [0.3, 0.4) is 0 Å². The lowest BCUT2D eigenvalue weighted by molar-refractivity contribution is -0.137. The second-order valence-corrected chi connectivity index (χ2v) is 8.39. The molecule has 1 fully saturated rings. The average molecular weight is 467 g/mol. The van der Waals surface area contributed by atoms with Gasteiger partial charge < -0.3 is 10.6 Å². The first kappa shape index (κ1) is 24.7. The number of anilines is 1. The van der Waals surface area contributed by atoms with Gasteiger partial charge in [-0.2, -0.15) is 18.3 Å². The molecule has 0 radical (unpaired) electrons. The van der Waals surface area contributed by atoms with Crippen LogP contribution >= 0.6 is 0 Å². The van der Waals surface area contributed by atoms with E-state index >= 15 is 0 Å². The fourth-order valence-corrected chi connectivity index (χ4v) is 4.02. The summed E-state index contributed by atoms with van der Waals surface area (Å²) >= 11 is 0. The first-order chi connectivity index (χ1) is 15.7. The van der Waals surface area contributed by atoms with Gasteiger partial charge >= 0.3 is 6.18 Å². The Morgan fingerprint density at radius 2 is 2.09 bits per heavy atom. The molecule has 0 saturated carbocycles. The van der Waals surface area contributed by atoms with Crippen molar-refractivity contribution in [3.63, 3.8) is 0 Å². The molecule has 0 bridgehead atoms. The molecule has 2 heterocycles. The van der Waals surface area contributed by atoms with Gasteiger partial charge in [0.05, 0.1) is 29.4 Å². The van der Waals surface area contributed by atoms with Gasteiger partial charge in [-0.15, -0.1) is 0 Å². The van der Waals surface area contributed by atoms with Crippen molar-refractivity contribution in [2.24, 2.45) is 5.92 Å². The zero-order valence-corrected chi connectivity index (χ0v) is 18.7. The third-order valence-electron chi connectivity index (χ3n) is 5.62. The molecule has 1 aromatic heterocycles. The summed E-state index contributed by atoms with van der Waals surface area (Å²) in [5, 5.41) is 9.55. The summed E-state index contributed by atoms with van der Waals surface area (Å²) in [6, 6.07) is 3.15. The molecule has 11 heteroatoms. The van der Waals surface area contributed by atoms with Crippen molar-refractivity contribution in [2.75, 3.05) is 25.0 Å². The lowest BCUT2D eigenvalue weighted by Gasteiger charge is -2.32. The molecule has 3 rings (SSSR count). The van der Waals surface area contributed by atoms with Crippen molar-refractivity contribution in [1.82, 2.24) is 25.0 Å². The summed E-state index contributed by atoms with van der Waals surface area (Å²) < 4.78 is 40.9.